The largest absolute Gasteiger partial charge is 0.349 e. The highest BCUT2D eigenvalue weighted by molar-refractivity contribution is 5.91. The van der Waals surface area contributed by atoms with Crippen molar-refractivity contribution in [3.05, 3.63) is 11.9 Å². The maximum absolute atomic E-state index is 11.6. The lowest BCUT2D eigenvalue weighted by Crippen LogP contribution is -2.40. The van der Waals surface area contributed by atoms with Gasteiger partial charge in [0.05, 0.1) is 6.20 Å². The van der Waals surface area contributed by atoms with E-state index in [0.717, 1.165) is 13.1 Å². The zero-order chi connectivity index (χ0) is 11.4. The predicted octanol–water partition coefficient (Wildman–Crippen LogP) is 0.0188. The number of rotatable bonds is 4. The van der Waals surface area contributed by atoms with Gasteiger partial charge in [0, 0.05) is 12.6 Å². The minimum absolute atomic E-state index is 0.167. The fourth-order valence-corrected chi connectivity index (χ4v) is 1.95. The summed E-state index contributed by atoms with van der Waals surface area (Å²) in [5, 5.41) is 12.6. The second-order valence-corrected chi connectivity index (χ2v) is 4.16. The lowest BCUT2D eigenvalue weighted by atomic mass is 10.3. The molecule has 1 atom stereocenters. The minimum atomic E-state index is -0.167. The first kappa shape index (κ1) is 11.1. The molecule has 1 aliphatic heterocycles. The van der Waals surface area contributed by atoms with Crippen molar-refractivity contribution in [1.82, 2.24) is 25.6 Å². The number of carbonyl (C=O) groups excluding carboxylic acids is 1. The molecule has 6 heteroatoms. The quantitative estimate of drug-likeness (QED) is 0.754. The van der Waals surface area contributed by atoms with E-state index in [-0.39, 0.29) is 5.91 Å². The first-order valence-corrected chi connectivity index (χ1v) is 5.65. The third-order valence-electron chi connectivity index (χ3n) is 2.97. The fourth-order valence-electron chi connectivity index (χ4n) is 1.95. The van der Waals surface area contributed by atoms with Crippen molar-refractivity contribution in [2.24, 2.45) is 0 Å². The lowest BCUT2D eigenvalue weighted by Gasteiger charge is -2.23. The van der Waals surface area contributed by atoms with Crippen molar-refractivity contribution >= 4 is 5.91 Å². The average molecular weight is 223 g/mol. The van der Waals surface area contributed by atoms with Crippen LogP contribution in [-0.2, 0) is 0 Å². The van der Waals surface area contributed by atoms with Gasteiger partial charge in [0.15, 0.2) is 5.69 Å². The molecular weight excluding hydrogens is 206 g/mol. The Morgan fingerprint density at radius 2 is 2.38 bits per heavy atom. The zero-order valence-corrected chi connectivity index (χ0v) is 9.44. The standard InChI is InChI=1S/C10H17N5O/c1-8(15-4-2-3-5-15)6-11-10(16)9-7-12-14-13-9/h7-8H,2-6H2,1H3,(H,11,16)(H,12,13,14). The van der Waals surface area contributed by atoms with Crippen molar-refractivity contribution in [2.75, 3.05) is 19.6 Å². The Kier molecular flexibility index (Phi) is 3.51. The van der Waals surface area contributed by atoms with Crippen LogP contribution in [0.1, 0.15) is 30.3 Å². The maximum Gasteiger partial charge on any atom is 0.273 e. The number of hydrogen-bond donors (Lipinski definition) is 2. The summed E-state index contributed by atoms with van der Waals surface area (Å²) in [6.07, 6.45) is 3.96. The Labute approximate surface area is 94.4 Å². The van der Waals surface area contributed by atoms with Crippen LogP contribution in [0.3, 0.4) is 0 Å². The molecule has 2 rings (SSSR count). The maximum atomic E-state index is 11.6. The van der Waals surface area contributed by atoms with Gasteiger partial charge in [-0.3, -0.25) is 9.69 Å². The van der Waals surface area contributed by atoms with E-state index < -0.39 is 0 Å². The summed E-state index contributed by atoms with van der Waals surface area (Å²) in [6.45, 7) is 5.07. The second kappa shape index (κ2) is 5.07. The highest BCUT2D eigenvalue weighted by atomic mass is 16.2. The molecule has 1 aliphatic rings. The smallest absolute Gasteiger partial charge is 0.273 e. The van der Waals surface area contributed by atoms with Crippen LogP contribution < -0.4 is 5.32 Å². The van der Waals surface area contributed by atoms with E-state index in [9.17, 15) is 4.79 Å². The molecule has 2 heterocycles. The Hall–Kier alpha value is -1.43. The van der Waals surface area contributed by atoms with E-state index in [1.54, 1.807) is 0 Å². The molecule has 6 nitrogen and oxygen atoms in total. The summed E-state index contributed by atoms with van der Waals surface area (Å²) in [7, 11) is 0. The SMILES string of the molecule is CC(CNC(=O)c1cn[nH]n1)N1CCCC1. The number of hydrogen-bond acceptors (Lipinski definition) is 4. The van der Waals surface area contributed by atoms with Crippen LogP contribution in [0.25, 0.3) is 0 Å². The number of nitrogens with one attached hydrogen (secondary N) is 2. The molecule has 0 aliphatic carbocycles. The zero-order valence-electron chi connectivity index (χ0n) is 9.44. The topological polar surface area (TPSA) is 73.9 Å². The second-order valence-electron chi connectivity index (χ2n) is 4.16. The summed E-state index contributed by atoms with van der Waals surface area (Å²) >= 11 is 0. The Morgan fingerprint density at radius 1 is 1.62 bits per heavy atom. The van der Waals surface area contributed by atoms with Crippen molar-refractivity contribution in [3.8, 4) is 0 Å². The molecule has 0 spiro atoms. The van der Waals surface area contributed by atoms with Gasteiger partial charge in [0.1, 0.15) is 0 Å². The minimum Gasteiger partial charge on any atom is -0.349 e. The Bertz CT molecular complexity index is 331. The average Bonchev–Trinajstić information content (AvgIpc) is 2.95. The van der Waals surface area contributed by atoms with Gasteiger partial charge in [-0.15, -0.1) is 0 Å². The summed E-state index contributed by atoms with van der Waals surface area (Å²) in [5.41, 5.74) is 0.341. The Balaban J connectivity index is 1.76. The van der Waals surface area contributed by atoms with Crippen molar-refractivity contribution in [1.29, 1.82) is 0 Å². The number of aromatic nitrogens is 3. The van der Waals surface area contributed by atoms with Crippen LogP contribution >= 0.6 is 0 Å². The van der Waals surface area contributed by atoms with E-state index in [1.807, 2.05) is 0 Å². The highest BCUT2D eigenvalue weighted by Gasteiger charge is 2.18. The van der Waals surface area contributed by atoms with Crippen molar-refractivity contribution in [3.63, 3.8) is 0 Å². The summed E-state index contributed by atoms with van der Waals surface area (Å²) in [5.74, 6) is -0.167. The van der Waals surface area contributed by atoms with Gasteiger partial charge in [-0.05, 0) is 32.9 Å². The van der Waals surface area contributed by atoms with Gasteiger partial charge in [-0.25, -0.2) is 0 Å². The van der Waals surface area contributed by atoms with Crippen LogP contribution in [0.2, 0.25) is 0 Å². The summed E-state index contributed by atoms with van der Waals surface area (Å²) in [6, 6.07) is 0.387. The van der Waals surface area contributed by atoms with Crippen molar-refractivity contribution in [2.45, 2.75) is 25.8 Å². The first-order chi connectivity index (χ1) is 7.77. The van der Waals surface area contributed by atoms with Crippen LogP contribution in [0, 0.1) is 0 Å². The van der Waals surface area contributed by atoms with Gasteiger partial charge in [-0.2, -0.15) is 15.4 Å². The molecule has 0 bridgehead atoms. The van der Waals surface area contributed by atoms with Crippen LogP contribution in [-0.4, -0.2) is 51.9 Å². The molecule has 0 saturated carbocycles. The predicted molar refractivity (Wildman–Crippen MR) is 59.0 cm³/mol. The molecule has 0 radical (unpaired) electrons. The first-order valence-electron chi connectivity index (χ1n) is 5.65. The lowest BCUT2D eigenvalue weighted by molar-refractivity contribution is 0.0935. The number of likely N-dealkylation sites (tertiary alicyclic amines) is 1. The summed E-state index contributed by atoms with van der Waals surface area (Å²) in [4.78, 5) is 14.0. The highest BCUT2D eigenvalue weighted by Crippen LogP contribution is 2.10. The number of aromatic amines is 1. The van der Waals surface area contributed by atoms with E-state index in [0.29, 0.717) is 18.3 Å². The normalized spacial score (nSPS) is 18.6. The van der Waals surface area contributed by atoms with Gasteiger partial charge in [0.25, 0.3) is 5.91 Å². The molecular formula is C10H17N5O. The van der Waals surface area contributed by atoms with E-state index in [4.69, 9.17) is 0 Å². The van der Waals surface area contributed by atoms with E-state index in [1.165, 1.54) is 19.0 Å². The molecule has 88 valence electrons. The van der Waals surface area contributed by atoms with Crippen molar-refractivity contribution < 1.29 is 4.79 Å². The number of H-pyrrole nitrogens is 1. The molecule has 2 N–H and O–H groups in total. The molecule has 1 saturated heterocycles. The van der Waals surface area contributed by atoms with Gasteiger partial charge < -0.3 is 5.32 Å². The van der Waals surface area contributed by atoms with E-state index >= 15 is 0 Å². The molecule has 1 unspecified atom stereocenters. The number of carbonyl (C=O) groups is 1. The number of nitrogens with zero attached hydrogens (tertiary/aromatic N) is 3. The van der Waals surface area contributed by atoms with E-state index in [2.05, 4.69) is 32.6 Å². The monoisotopic (exact) mass is 223 g/mol. The Morgan fingerprint density at radius 3 is 3.00 bits per heavy atom. The third-order valence-corrected chi connectivity index (χ3v) is 2.97. The van der Waals surface area contributed by atoms with Gasteiger partial charge in [0.2, 0.25) is 0 Å². The number of amides is 1. The van der Waals surface area contributed by atoms with Crippen LogP contribution in [0.5, 0.6) is 0 Å². The summed E-state index contributed by atoms with van der Waals surface area (Å²) < 4.78 is 0. The van der Waals surface area contributed by atoms with Crippen LogP contribution in [0.4, 0.5) is 0 Å². The fraction of sp³-hybridized carbons (Fsp3) is 0.700. The molecule has 16 heavy (non-hydrogen) atoms. The molecule has 1 amide bonds. The third kappa shape index (κ3) is 2.57. The van der Waals surface area contributed by atoms with Gasteiger partial charge >= 0.3 is 0 Å². The molecule has 1 fully saturated rings. The van der Waals surface area contributed by atoms with Crippen LogP contribution in [0.15, 0.2) is 6.20 Å². The molecule has 0 aromatic carbocycles. The molecule has 1 aromatic rings. The van der Waals surface area contributed by atoms with Gasteiger partial charge in [-0.1, -0.05) is 0 Å². The molecule has 1 aromatic heterocycles.